The van der Waals surface area contributed by atoms with Gasteiger partial charge >= 0.3 is 0 Å². The first kappa shape index (κ1) is 12.0. The normalized spacial score (nSPS) is 11.4. The lowest BCUT2D eigenvalue weighted by molar-refractivity contribution is -0.119. The number of rotatable bonds is 6. The summed E-state index contributed by atoms with van der Waals surface area (Å²) in [6.07, 6.45) is 4.26. The van der Waals surface area contributed by atoms with Gasteiger partial charge in [-0.3, -0.25) is 9.48 Å². The van der Waals surface area contributed by atoms with E-state index in [1.807, 2.05) is 12.3 Å². The standard InChI is InChI=1S/C9H15N5O2/c10-8(13-16)7-9(15)11-3-1-5-14-6-2-4-12-14/h2,4,6,16H,1,3,5,7H2,(H2,10,13)(H,11,15). The van der Waals surface area contributed by atoms with Gasteiger partial charge in [-0.25, -0.2) is 0 Å². The average Bonchev–Trinajstić information content (AvgIpc) is 2.77. The summed E-state index contributed by atoms with van der Waals surface area (Å²) >= 11 is 0. The summed E-state index contributed by atoms with van der Waals surface area (Å²) in [4.78, 5) is 11.2. The van der Waals surface area contributed by atoms with Gasteiger partial charge in [0.2, 0.25) is 5.91 Å². The van der Waals surface area contributed by atoms with E-state index in [0.717, 1.165) is 13.0 Å². The SMILES string of the molecule is N/C(CC(=O)NCCCn1cccn1)=N/O. The maximum Gasteiger partial charge on any atom is 0.227 e. The fraction of sp³-hybridized carbons (Fsp3) is 0.444. The Morgan fingerprint density at radius 1 is 1.62 bits per heavy atom. The molecule has 7 heteroatoms. The minimum absolute atomic E-state index is 0.0850. The first-order valence-electron chi connectivity index (χ1n) is 4.93. The molecule has 0 aliphatic carbocycles. The number of aromatic nitrogens is 2. The smallest absolute Gasteiger partial charge is 0.227 e. The maximum absolute atomic E-state index is 11.2. The number of aryl methyl sites for hydroxylation is 1. The zero-order valence-electron chi connectivity index (χ0n) is 8.83. The van der Waals surface area contributed by atoms with Crippen molar-refractivity contribution in [3.05, 3.63) is 18.5 Å². The molecule has 0 spiro atoms. The molecule has 1 heterocycles. The van der Waals surface area contributed by atoms with Gasteiger partial charge in [-0.05, 0) is 12.5 Å². The van der Waals surface area contributed by atoms with Gasteiger partial charge in [-0.15, -0.1) is 0 Å². The molecule has 0 aliphatic rings. The molecule has 0 bridgehead atoms. The number of carbonyl (C=O) groups is 1. The van der Waals surface area contributed by atoms with Crippen LogP contribution in [0.4, 0.5) is 0 Å². The van der Waals surface area contributed by atoms with Gasteiger partial charge in [0.05, 0.1) is 6.42 Å². The summed E-state index contributed by atoms with van der Waals surface area (Å²) in [5.74, 6) is -0.347. The van der Waals surface area contributed by atoms with Crippen molar-refractivity contribution in [2.45, 2.75) is 19.4 Å². The fourth-order valence-electron chi connectivity index (χ4n) is 1.16. The molecule has 88 valence electrons. The predicted molar refractivity (Wildman–Crippen MR) is 57.9 cm³/mol. The molecule has 1 aromatic rings. The predicted octanol–water partition coefficient (Wildman–Crippen LogP) is -0.474. The number of amides is 1. The van der Waals surface area contributed by atoms with Gasteiger partial charge in [0, 0.05) is 25.5 Å². The Morgan fingerprint density at radius 2 is 2.44 bits per heavy atom. The third kappa shape index (κ3) is 4.45. The van der Waals surface area contributed by atoms with Crippen LogP contribution in [0.5, 0.6) is 0 Å². The molecule has 0 aliphatic heterocycles. The van der Waals surface area contributed by atoms with Crippen LogP contribution in [0.3, 0.4) is 0 Å². The van der Waals surface area contributed by atoms with Gasteiger partial charge < -0.3 is 16.3 Å². The molecule has 0 fully saturated rings. The minimum Gasteiger partial charge on any atom is -0.409 e. The number of nitrogens with two attached hydrogens (primary N) is 1. The van der Waals surface area contributed by atoms with Crippen molar-refractivity contribution < 1.29 is 10.0 Å². The Bertz CT molecular complexity index is 347. The summed E-state index contributed by atoms with van der Waals surface area (Å²) in [6.45, 7) is 1.29. The Hall–Kier alpha value is -2.05. The van der Waals surface area contributed by atoms with Crippen molar-refractivity contribution >= 4 is 11.7 Å². The van der Waals surface area contributed by atoms with Gasteiger partial charge in [-0.1, -0.05) is 5.16 Å². The van der Waals surface area contributed by atoms with Crippen LogP contribution >= 0.6 is 0 Å². The van der Waals surface area contributed by atoms with E-state index in [2.05, 4.69) is 15.6 Å². The molecule has 0 saturated carbocycles. The molecule has 0 saturated heterocycles. The number of carbonyl (C=O) groups excluding carboxylic acids is 1. The fourth-order valence-corrected chi connectivity index (χ4v) is 1.16. The minimum atomic E-state index is -0.254. The quantitative estimate of drug-likeness (QED) is 0.200. The van der Waals surface area contributed by atoms with Gasteiger partial charge in [0.15, 0.2) is 0 Å². The third-order valence-corrected chi connectivity index (χ3v) is 1.92. The molecular formula is C9H15N5O2. The number of nitrogens with one attached hydrogen (secondary N) is 1. The van der Waals surface area contributed by atoms with Gasteiger partial charge in [0.1, 0.15) is 5.84 Å². The number of amidine groups is 1. The molecule has 1 rings (SSSR count). The van der Waals surface area contributed by atoms with Crippen LogP contribution < -0.4 is 11.1 Å². The molecule has 4 N–H and O–H groups in total. The molecule has 1 aromatic heterocycles. The molecule has 7 nitrogen and oxygen atoms in total. The highest BCUT2D eigenvalue weighted by atomic mass is 16.4. The first-order valence-corrected chi connectivity index (χ1v) is 4.93. The van der Waals surface area contributed by atoms with Gasteiger partial charge in [0.25, 0.3) is 0 Å². The van der Waals surface area contributed by atoms with Crippen LogP contribution in [0.25, 0.3) is 0 Å². The van der Waals surface area contributed by atoms with E-state index in [-0.39, 0.29) is 18.2 Å². The second-order valence-corrected chi connectivity index (χ2v) is 3.24. The van der Waals surface area contributed by atoms with E-state index in [9.17, 15) is 4.79 Å². The summed E-state index contributed by atoms with van der Waals surface area (Å²) in [5, 5.41) is 17.7. The number of oxime groups is 1. The van der Waals surface area contributed by atoms with E-state index < -0.39 is 0 Å². The lowest BCUT2D eigenvalue weighted by atomic mass is 10.3. The van der Waals surface area contributed by atoms with Crippen LogP contribution in [0.15, 0.2) is 23.6 Å². The van der Waals surface area contributed by atoms with Crippen molar-refractivity contribution in [2.75, 3.05) is 6.54 Å². The zero-order chi connectivity index (χ0) is 11.8. The monoisotopic (exact) mass is 225 g/mol. The number of nitrogens with zero attached hydrogens (tertiary/aromatic N) is 3. The lowest BCUT2D eigenvalue weighted by Gasteiger charge is -2.04. The second kappa shape index (κ2) is 6.44. The van der Waals surface area contributed by atoms with Crippen LogP contribution in [0.2, 0.25) is 0 Å². The Morgan fingerprint density at radius 3 is 3.06 bits per heavy atom. The molecule has 1 amide bonds. The summed E-state index contributed by atoms with van der Waals surface area (Å²) in [7, 11) is 0. The first-order chi connectivity index (χ1) is 7.72. The summed E-state index contributed by atoms with van der Waals surface area (Å²) in [5.41, 5.74) is 5.18. The summed E-state index contributed by atoms with van der Waals surface area (Å²) < 4.78 is 1.79. The molecule has 16 heavy (non-hydrogen) atoms. The van der Waals surface area contributed by atoms with Crippen LogP contribution in [0.1, 0.15) is 12.8 Å². The Labute approximate surface area is 92.9 Å². The highest BCUT2D eigenvalue weighted by Gasteiger charge is 2.03. The third-order valence-electron chi connectivity index (χ3n) is 1.92. The number of hydrogen-bond acceptors (Lipinski definition) is 4. The van der Waals surface area contributed by atoms with Crippen molar-refractivity contribution in [1.29, 1.82) is 0 Å². The van der Waals surface area contributed by atoms with E-state index >= 15 is 0 Å². The van der Waals surface area contributed by atoms with E-state index in [1.54, 1.807) is 10.9 Å². The largest absolute Gasteiger partial charge is 0.409 e. The second-order valence-electron chi connectivity index (χ2n) is 3.24. The molecule has 0 unspecified atom stereocenters. The highest BCUT2D eigenvalue weighted by molar-refractivity contribution is 5.98. The Kier molecular flexibility index (Phi) is 4.84. The lowest BCUT2D eigenvalue weighted by Crippen LogP contribution is -2.29. The van der Waals surface area contributed by atoms with Crippen molar-refractivity contribution in [3.63, 3.8) is 0 Å². The topological polar surface area (TPSA) is 106 Å². The van der Waals surface area contributed by atoms with Crippen molar-refractivity contribution in [3.8, 4) is 0 Å². The number of hydrogen-bond donors (Lipinski definition) is 3. The van der Waals surface area contributed by atoms with E-state index in [0.29, 0.717) is 6.54 Å². The van der Waals surface area contributed by atoms with Gasteiger partial charge in [-0.2, -0.15) is 5.10 Å². The molecule has 0 atom stereocenters. The highest BCUT2D eigenvalue weighted by Crippen LogP contribution is 1.88. The Balaban J connectivity index is 2.09. The average molecular weight is 225 g/mol. The van der Waals surface area contributed by atoms with Crippen molar-refractivity contribution in [1.82, 2.24) is 15.1 Å². The molecule has 0 aromatic carbocycles. The summed E-state index contributed by atoms with van der Waals surface area (Å²) in [6, 6.07) is 1.84. The van der Waals surface area contributed by atoms with Crippen LogP contribution in [-0.2, 0) is 11.3 Å². The molecular weight excluding hydrogens is 210 g/mol. The van der Waals surface area contributed by atoms with E-state index in [1.165, 1.54) is 0 Å². The zero-order valence-corrected chi connectivity index (χ0v) is 8.83. The van der Waals surface area contributed by atoms with Crippen LogP contribution in [-0.4, -0.2) is 33.3 Å². The van der Waals surface area contributed by atoms with Crippen LogP contribution in [0, 0.1) is 0 Å². The van der Waals surface area contributed by atoms with E-state index in [4.69, 9.17) is 10.9 Å². The maximum atomic E-state index is 11.2. The van der Waals surface area contributed by atoms with Crippen molar-refractivity contribution in [2.24, 2.45) is 10.9 Å². The molecule has 0 radical (unpaired) electrons.